The Hall–Kier alpha value is -3.19. The molecule has 2 aromatic carbocycles. The van der Waals surface area contributed by atoms with Crippen LogP contribution in [0.25, 0.3) is 22.6 Å². The number of pyridine rings is 1. The van der Waals surface area contributed by atoms with E-state index in [1.807, 2.05) is 18.2 Å². The number of hydrogen-bond acceptors (Lipinski definition) is 5. The van der Waals surface area contributed by atoms with Gasteiger partial charge < -0.3 is 14.5 Å². The largest absolute Gasteiger partial charge is 0.495 e. The Morgan fingerprint density at radius 2 is 2.04 bits per heavy atom. The molecule has 0 aliphatic heterocycles. The molecular formula is C20H14BrN3O3. The highest BCUT2D eigenvalue weighted by Crippen LogP contribution is 2.32. The van der Waals surface area contributed by atoms with E-state index in [0.717, 1.165) is 5.56 Å². The molecule has 0 aliphatic rings. The smallest absolute Gasteiger partial charge is 0.256 e. The third kappa shape index (κ3) is 3.41. The topological polar surface area (TPSA) is 77.2 Å². The second-order valence-corrected chi connectivity index (χ2v) is 6.57. The van der Waals surface area contributed by atoms with Gasteiger partial charge in [0.15, 0.2) is 5.58 Å². The first-order valence-electron chi connectivity index (χ1n) is 8.10. The van der Waals surface area contributed by atoms with Gasteiger partial charge in [0.1, 0.15) is 11.3 Å². The van der Waals surface area contributed by atoms with E-state index >= 15 is 0 Å². The molecular weight excluding hydrogens is 410 g/mol. The van der Waals surface area contributed by atoms with Crippen LogP contribution in [-0.4, -0.2) is 23.0 Å². The van der Waals surface area contributed by atoms with Crippen molar-refractivity contribution in [2.45, 2.75) is 0 Å². The van der Waals surface area contributed by atoms with Gasteiger partial charge in [-0.25, -0.2) is 4.98 Å². The summed E-state index contributed by atoms with van der Waals surface area (Å²) >= 11 is 3.39. The molecule has 2 aromatic heterocycles. The number of anilines is 1. The van der Waals surface area contributed by atoms with Crippen LogP contribution in [0.1, 0.15) is 10.4 Å². The number of carbonyl (C=O) groups is 1. The van der Waals surface area contributed by atoms with E-state index in [1.54, 1.807) is 49.8 Å². The normalized spacial score (nSPS) is 10.7. The molecule has 0 unspecified atom stereocenters. The number of nitrogens with one attached hydrogen (secondary N) is 1. The fraction of sp³-hybridized carbons (Fsp3) is 0.0500. The van der Waals surface area contributed by atoms with Gasteiger partial charge in [0.2, 0.25) is 5.89 Å². The highest BCUT2D eigenvalue weighted by Gasteiger charge is 2.15. The lowest BCUT2D eigenvalue weighted by Crippen LogP contribution is -2.13. The summed E-state index contributed by atoms with van der Waals surface area (Å²) in [6, 6.07) is 14.3. The number of oxazole rings is 1. The van der Waals surface area contributed by atoms with E-state index in [2.05, 4.69) is 31.2 Å². The van der Waals surface area contributed by atoms with Crippen LogP contribution in [0.5, 0.6) is 5.75 Å². The molecule has 0 spiro atoms. The van der Waals surface area contributed by atoms with Gasteiger partial charge in [-0.05, 0) is 46.3 Å². The standard InChI is InChI=1S/C20H14BrN3O3/c1-26-17-7-6-12(20-24-16-11-22-9-8-18(16)27-20)10-15(17)23-19(25)13-4-2-3-5-14(13)21/h2-11H,1H3,(H,23,25). The molecule has 0 saturated heterocycles. The summed E-state index contributed by atoms with van der Waals surface area (Å²) in [6.07, 6.45) is 3.29. The molecule has 4 rings (SSSR count). The number of aromatic nitrogens is 2. The van der Waals surface area contributed by atoms with Crippen LogP contribution in [0.4, 0.5) is 5.69 Å². The minimum absolute atomic E-state index is 0.250. The summed E-state index contributed by atoms with van der Waals surface area (Å²) in [6.45, 7) is 0. The number of carbonyl (C=O) groups excluding carboxylic acids is 1. The van der Waals surface area contributed by atoms with Crippen molar-refractivity contribution >= 4 is 38.6 Å². The van der Waals surface area contributed by atoms with E-state index in [4.69, 9.17) is 9.15 Å². The van der Waals surface area contributed by atoms with Crippen LogP contribution >= 0.6 is 15.9 Å². The lowest BCUT2D eigenvalue weighted by atomic mass is 10.1. The van der Waals surface area contributed by atoms with Gasteiger partial charge in [-0.1, -0.05) is 12.1 Å². The Morgan fingerprint density at radius 1 is 1.19 bits per heavy atom. The SMILES string of the molecule is COc1ccc(-c2nc3cnccc3o2)cc1NC(=O)c1ccccc1Br. The predicted octanol–water partition coefficient (Wildman–Crippen LogP) is 4.91. The van der Waals surface area contributed by atoms with Crippen molar-refractivity contribution in [3.05, 3.63) is 71.0 Å². The van der Waals surface area contributed by atoms with Crippen LogP contribution in [0.2, 0.25) is 0 Å². The number of fused-ring (bicyclic) bond motifs is 1. The van der Waals surface area contributed by atoms with Crippen molar-refractivity contribution in [1.82, 2.24) is 9.97 Å². The van der Waals surface area contributed by atoms with Crippen LogP contribution in [-0.2, 0) is 0 Å². The van der Waals surface area contributed by atoms with Crippen LogP contribution < -0.4 is 10.1 Å². The average Bonchev–Trinajstić information content (AvgIpc) is 3.12. The number of amides is 1. The number of hydrogen-bond donors (Lipinski definition) is 1. The molecule has 2 heterocycles. The van der Waals surface area contributed by atoms with Crippen molar-refractivity contribution in [1.29, 1.82) is 0 Å². The molecule has 134 valence electrons. The summed E-state index contributed by atoms with van der Waals surface area (Å²) in [7, 11) is 1.55. The Bertz CT molecular complexity index is 1110. The minimum Gasteiger partial charge on any atom is -0.495 e. The molecule has 0 fully saturated rings. The van der Waals surface area contributed by atoms with Crippen molar-refractivity contribution < 1.29 is 13.9 Å². The first kappa shape index (κ1) is 17.2. The molecule has 1 N–H and O–H groups in total. The number of methoxy groups -OCH3 is 1. The summed E-state index contributed by atoms with van der Waals surface area (Å²) in [4.78, 5) is 21.1. The van der Waals surface area contributed by atoms with Gasteiger partial charge in [0, 0.05) is 22.3 Å². The van der Waals surface area contributed by atoms with Crippen molar-refractivity contribution in [2.24, 2.45) is 0 Å². The highest BCUT2D eigenvalue weighted by atomic mass is 79.9. The van der Waals surface area contributed by atoms with E-state index in [1.165, 1.54) is 0 Å². The maximum atomic E-state index is 12.6. The van der Waals surface area contributed by atoms with Crippen molar-refractivity contribution in [3.63, 3.8) is 0 Å². The molecule has 7 heteroatoms. The zero-order valence-corrected chi connectivity index (χ0v) is 15.9. The maximum Gasteiger partial charge on any atom is 0.256 e. The molecule has 0 radical (unpaired) electrons. The van der Waals surface area contributed by atoms with E-state index in [0.29, 0.717) is 38.5 Å². The van der Waals surface area contributed by atoms with Gasteiger partial charge in [0.05, 0.1) is 24.6 Å². The Labute approximate surface area is 163 Å². The zero-order valence-electron chi connectivity index (χ0n) is 14.3. The molecule has 0 bridgehead atoms. The van der Waals surface area contributed by atoms with E-state index < -0.39 is 0 Å². The number of ether oxygens (including phenoxy) is 1. The predicted molar refractivity (Wildman–Crippen MR) is 106 cm³/mol. The van der Waals surface area contributed by atoms with Gasteiger partial charge in [0.25, 0.3) is 5.91 Å². The Kier molecular flexibility index (Phi) is 4.60. The second kappa shape index (κ2) is 7.20. The lowest BCUT2D eigenvalue weighted by molar-refractivity contribution is 0.102. The first-order valence-corrected chi connectivity index (χ1v) is 8.90. The first-order chi connectivity index (χ1) is 13.2. The van der Waals surface area contributed by atoms with Crippen LogP contribution in [0, 0.1) is 0 Å². The Balaban J connectivity index is 1.70. The molecule has 27 heavy (non-hydrogen) atoms. The molecule has 4 aromatic rings. The number of benzene rings is 2. The number of halogens is 1. The molecule has 1 amide bonds. The maximum absolute atomic E-state index is 12.6. The zero-order chi connectivity index (χ0) is 18.8. The highest BCUT2D eigenvalue weighted by molar-refractivity contribution is 9.10. The fourth-order valence-electron chi connectivity index (χ4n) is 2.68. The van der Waals surface area contributed by atoms with Gasteiger partial charge in [-0.15, -0.1) is 0 Å². The quantitative estimate of drug-likeness (QED) is 0.504. The summed E-state index contributed by atoms with van der Waals surface area (Å²) in [5.74, 6) is 0.730. The third-order valence-corrected chi connectivity index (χ3v) is 4.69. The Morgan fingerprint density at radius 3 is 2.81 bits per heavy atom. The van der Waals surface area contributed by atoms with Gasteiger partial charge in [-0.2, -0.15) is 0 Å². The molecule has 0 saturated carbocycles. The summed E-state index contributed by atoms with van der Waals surface area (Å²) in [5.41, 5.74) is 3.08. The summed E-state index contributed by atoms with van der Waals surface area (Å²) in [5, 5.41) is 2.89. The number of nitrogens with zero attached hydrogens (tertiary/aromatic N) is 2. The molecule has 0 atom stereocenters. The second-order valence-electron chi connectivity index (χ2n) is 5.71. The number of rotatable bonds is 4. The van der Waals surface area contributed by atoms with Crippen LogP contribution in [0.15, 0.2) is 69.8 Å². The fourth-order valence-corrected chi connectivity index (χ4v) is 3.14. The van der Waals surface area contributed by atoms with Crippen molar-refractivity contribution in [3.8, 4) is 17.2 Å². The van der Waals surface area contributed by atoms with Gasteiger partial charge in [-0.3, -0.25) is 9.78 Å². The molecule has 6 nitrogen and oxygen atoms in total. The van der Waals surface area contributed by atoms with Gasteiger partial charge >= 0.3 is 0 Å². The summed E-state index contributed by atoms with van der Waals surface area (Å²) < 4.78 is 11.9. The monoisotopic (exact) mass is 423 g/mol. The van der Waals surface area contributed by atoms with Crippen LogP contribution in [0.3, 0.4) is 0 Å². The lowest BCUT2D eigenvalue weighted by Gasteiger charge is -2.12. The average molecular weight is 424 g/mol. The van der Waals surface area contributed by atoms with E-state index in [9.17, 15) is 4.79 Å². The third-order valence-electron chi connectivity index (χ3n) is 4.00. The minimum atomic E-state index is -0.250. The van der Waals surface area contributed by atoms with Crippen molar-refractivity contribution in [2.75, 3.05) is 12.4 Å². The molecule has 0 aliphatic carbocycles. The van der Waals surface area contributed by atoms with E-state index in [-0.39, 0.29) is 5.91 Å².